The molecule has 5 aromatic carbocycles. The van der Waals surface area contributed by atoms with Crippen LogP contribution in [0.5, 0.6) is 0 Å². The van der Waals surface area contributed by atoms with Crippen LogP contribution in [-0.2, 0) is 0 Å². The van der Waals surface area contributed by atoms with Gasteiger partial charge in [0.2, 0.25) is 0 Å². The molecule has 0 N–H and O–H groups in total. The Hall–Kier alpha value is -5.92. The van der Waals surface area contributed by atoms with Gasteiger partial charge in [0.15, 0.2) is 17.1 Å². The molecule has 0 fully saturated rings. The SMILES string of the molecule is [C-]#[N+]c1cc(C#N)cc(N(c2ccc(-c3ccc([N+]#[C-])c([N+]#[C-])c3)cc2)c2cccc3c2sc2ccccc23)c1. The summed E-state index contributed by atoms with van der Waals surface area (Å²) in [7, 11) is 0. The fourth-order valence-electron chi connectivity index (χ4n) is 4.88. The van der Waals surface area contributed by atoms with Crippen LogP contribution in [0.15, 0.2) is 103 Å². The smallest absolute Gasteiger partial charge is 0.195 e. The molecule has 0 aliphatic rings. The number of nitrogens with zero attached hydrogens (tertiary/aromatic N) is 5. The van der Waals surface area contributed by atoms with Gasteiger partial charge in [-0.3, -0.25) is 9.69 Å². The first-order chi connectivity index (χ1) is 19.6. The summed E-state index contributed by atoms with van der Waals surface area (Å²) in [6.07, 6.45) is 0. The van der Waals surface area contributed by atoms with Crippen molar-refractivity contribution in [2.24, 2.45) is 0 Å². The van der Waals surface area contributed by atoms with E-state index in [-0.39, 0.29) is 0 Å². The van der Waals surface area contributed by atoms with Crippen molar-refractivity contribution in [3.63, 3.8) is 0 Å². The number of hydrogen-bond donors (Lipinski definition) is 0. The summed E-state index contributed by atoms with van der Waals surface area (Å²) >= 11 is 1.71. The highest BCUT2D eigenvalue weighted by molar-refractivity contribution is 7.26. The van der Waals surface area contributed by atoms with Crippen molar-refractivity contribution in [3.8, 4) is 17.2 Å². The largest absolute Gasteiger partial charge is 0.310 e. The monoisotopic (exact) mass is 527 g/mol. The second kappa shape index (κ2) is 10.1. The fourth-order valence-corrected chi connectivity index (χ4v) is 6.09. The minimum Gasteiger partial charge on any atom is -0.310 e. The highest BCUT2D eigenvalue weighted by Gasteiger charge is 2.19. The quantitative estimate of drug-likeness (QED) is 0.214. The lowest BCUT2D eigenvalue weighted by Gasteiger charge is -2.27. The molecular formula is C34H17N5S. The van der Waals surface area contributed by atoms with E-state index in [4.69, 9.17) is 19.7 Å². The van der Waals surface area contributed by atoms with Gasteiger partial charge in [-0.05, 0) is 53.6 Å². The molecule has 6 rings (SSSR count). The van der Waals surface area contributed by atoms with E-state index in [0.29, 0.717) is 22.6 Å². The number of rotatable bonds is 4. The van der Waals surface area contributed by atoms with Crippen molar-refractivity contribution in [1.29, 1.82) is 5.26 Å². The maximum absolute atomic E-state index is 9.71. The molecule has 6 heteroatoms. The standard InChI is InChI=1S/C34H17N5S/c1-36-25-17-22(21-35)18-27(20-25)39(32-9-6-8-29-28-7-4-5-10-33(28)40-34(29)32)26-14-11-23(12-15-26)24-13-16-30(37-2)31(19-24)38-3/h4-20H. The summed E-state index contributed by atoms with van der Waals surface area (Å²) in [6.45, 7) is 22.3. The van der Waals surface area contributed by atoms with Crippen LogP contribution < -0.4 is 4.90 Å². The van der Waals surface area contributed by atoms with Gasteiger partial charge in [-0.15, -0.1) is 11.3 Å². The predicted octanol–water partition coefficient (Wildman–Crippen LogP) is 10.7. The Balaban J connectivity index is 1.55. The van der Waals surface area contributed by atoms with Crippen LogP contribution in [0, 0.1) is 31.0 Å². The molecule has 0 amide bonds. The molecule has 0 aliphatic carbocycles. The third-order valence-corrected chi connectivity index (χ3v) is 7.93. The Morgan fingerprint density at radius 2 is 1.40 bits per heavy atom. The van der Waals surface area contributed by atoms with E-state index in [2.05, 4.69) is 49.8 Å². The minimum absolute atomic E-state index is 0.328. The van der Waals surface area contributed by atoms with Crippen molar-refractivity contribution in [3.05, 3.63) is 143 Å². The van der Waals surface area contributed by atoms with Crippen LogP contribution in [0.1, 0.15) is 5.56 Å². The molecule has 0 aliphatic heterocycles. The maximum atomic E-state index is 9.71. The first-order valence-electron chi connectivity index (χ1n) is 12.3. The molecule has 6 aromatic rings. The topological polar surface area (TPSA) is 40.1 Å². The van der Waals surface area contributed by atoms with E-state index in [1.165, 1.54) is 10.1 Å². The van der Waals surface area contributed by atoms with Gasteiger partial charge < -0.3 is 4.90 Å². The molecule has 1 aromatic heterocycles. The highest BCUT2D eigenvalue weighted by Crippen LogP contribution is 2.45. The average Bonchev–Trinajstić information content (AvgIpc) is 3.40. The molecular weight excluding hydrogens is 510 g/mol. The van der Waals surface area contributed by atoms with E-state index < -0.39 is 0 Å². The van der Waals surface area contributed by atoms with Gasteiger partial charge in [-0.25, -0.2) is 4.85 Å². The molecule has 0 saturated carbocycles. The van der Waals surface area contributed by atoms with E-state index in [1.54, 1.807) is 41.7 Å². The normalized spacial score (nSPS) is 10.4. The lowest BCUT2D eigenvalue weighted by atomic mass is 10.0. The summed E-state index contributed by atoms with van der Waals surface area (Å²) < 4.78 is 2.29. The van der Waals surface area contributed by atoms with Crippen molar-refractivity contribution >= 4 is 65.6 Å². The van der Waals surface area contributed by atoms with E-state index >= 15 is 0 Å². The van der Waals surface area contributed by atoms with E-state index in [1.807, 2.05) is 48.5 Å². The molecule has 0 radical (unpaired) electrons. The van der Waals surface area contributed by atoms with Gasteiger partial charge >= 0.3 is 0 Å². The van der Waals surface area contributed by atoms with Gasteiger partial charge in [-0.1, -0.05) is 60.7 Å². The summed E-state index contributed by atoms with van der Waals surface area (Å²) in [6, 6.07) is 35.2. The third kappa shape index (κ3) is 4.18. The average molecular weight is 528 g/mol. The molecule has 0 bridgehead atoms. The highest BCUT2D eigenvalue weighted by atomic mass is 32.1. The number of thiophene rings is 1. The molecule has 184 valence electrons. The van der Waals surface area contributed by atoms with Gasteiger partial charge in [0.05, 0.1) is 36.2 Å². The zero-order valence-electron chi connectivity index (χ0n) is 21.0. The Morgan fingerprint density at radius 3 is 2.15 bits per heavy atom. The molecule has 0 spiro atoms. The Morgan fingerprint density at radius 1 is 0.650 bits per heavy atom. The van der Waals surface area contributed by atoms with Gasteiger partial charge in [0.25, 0.3) is 0 Å². The van der Waals surface area contributed by atoms with Crippen molar-refractivity contribution in [2.45, 2.75) is 0 Å². The van der Waals surface area contributed by atoms with Crippen LogP contribution in [-0.4, -0.2) is 0 Å². The molecule has 5 nitrogen and oxygen atoms in total. The fraction of sp³-hybridized carbons (Fsp3) is 0. The zero-order valence-corrected chi connectivity index (χ0v) is 21.8. The Labute approximate surface area is 235 Å². The Bertz CT molecular complexity index is 2080. The zero-order chi connectivity index (χ0) is 27.6. The van der Waals surface area contributed by atoms with Gasteiger partial charge in [-0.2, -0.15) is 5.26 Å². The molecule has 40 heavy (non-hydrogen) atoms. The van der Waals surface area contributed by atoms with Crippen LogP contribution in [0.25, 0.3) is 45.8 Å². The van der Waals surface area contributed by atoms with Crippen LogP contribution in [0.3, 0.4) is 0 Å². The predicted molar refractivity (Wildman–Crippen MR) is 163 cm³/mol. The van der Waals surface area contributed by atoms with Crippen molar-refractivity contribution in [2.75, 3.05) is 4.90 Å². The summed E-state index contributed by atoms with van der Waals surface area (Å²) in [5.74, 6) is 0. The van der Waals surface area contributed by atoms with E-state index in [9.17, 15) is 5.26 Å². The molecule has 0 unspecified atom stereocenters. The van der Waals surface area contributed by atoms with Crippen LogP contribution in [0.2, 0.25) is 0 Å². The third-order valence-electron chi connectivity index (χ3n) is 6.72. The molecule has 0 saturated heterocycles. The van der Waals surface area contributed by atoms with Gasteiger partial charge in [0, 0.05) is 32.4 Å². The second-order valence-electron chi connectivity index (χ2n) is 9.02. The van der Waals surface area contributed by atoms with Gasteiger partial charge in [0.1, 0.15) is 0 Å². The number of hydrogen-bond acceptors (Lipinski definition) is 3. The lowest BCUT2D eigenvalue weighted by molar-refractivity contribution is 1.30. The number of nitriles is 1. The van der Waals surface area contributed by atoms with E-state index in [0.717, 1.165) is 38.3 Å². The van der Waals surface area contributed by atoms with Crippen LogP contribution >= 0.6 is 11.3 Å². The minimum atomic E-state index is 0.328. The lowest BCUT2D eigenvalue weighted by Crippen LogP contribution is -2.10. The van der Waals surface area contributed by atoms with Crippen molar-refractivity contribution in [1.82, 2.24) is 0 Å². The summed E-state index contributed by atoms with van der Waals surface area (Å²) in [5, 5.41) is 12.0. The Kier molecular flexibility index (Phi) is 6.16. The maximum Gasteiger partial charge on any atom is 0.195 e. The second-order valence-corrected chi connectivity index (χ2v) is 10.1. The number of fused-ring (bicyclic) bond motifs is 3. The molecule has 0 atom stereocenters. The van der Waals surface area contributed by atoms with Crippen LogP contribution in [0.4, 0.5) is 34.1 Å². The first-order valence-corrected chi connectivity index (χ1v) is 13.1. The summed E-state index contributed by atoms with van der Waals surface area (Å²) in [5.41, 5.74) is 5.78. The van der Waals surface area contributed by atoms with Crippen molar-refractivity contribution < 1.29 is 0 Å². The number of benzene rings is 5. The first kappa shape index (κ1) is 24.4. The molecule has 1 heterocycles. The number of anilines is 3. The summed E-state index contributed by atoms with van der Waals surface area (Å²) in [4.78, 5) is 12.7.